The van der Waals surface area contributed by atoms with Crippen molar-refractivity contribution in [2.45, 2.75) is 71.5 Å². The predicted octanol–water partition coefficient (Wildman–Crippen LogP) is 4.57. The lowest BCUT2D eigenvalue weighted by atomic mass is 9.80. The van der Waals surface area contributed by atoms with Gasteiger partial charge in [0.05, 0.1) is 44.3 Å². The van der Waals surface area contributed by atoms with E-state index in [4.69, 9.17) is 24.1 Å². The molecule has 6 rings (SSSR count). The molecule has 13 nitrogen and oxygen atoms in total. The third kappa shape index (κ3) is 7.37. The summed E-state index contributed by atoms with van der Waals surface area (Å²) in [5, 5.41) is 49.4. The van der Waals surface area contributed by atoms with E-state index in [0.717, 1.165) is 5.57 Å². The number of benzene rings is 5. The molecule has 0 radical (unpaired) electrons. The number of carbonyl (C=O) groups is 2. The number of aliphatic hydroxyl groups is 3. The highest BCUT2D eigenvalue weighted by molar-refractivity contribution is 6.38. The molecular formula is C42H47NO12. The van der Waals surface area contributed by atoms with E-state index >= 15 is 0 Å². The van der Waals surface area contributed by atoms with Gasteiger partial charge in [0.2, 0.25) is 5.43 Å². The van der Waals surface area contributed by atoms with E-state index < -0.39 is 24.6 Å². The van der Waals surface area contributed by atoms with Gasteiger partial charge < -0.3 is 44.7 Å². The Labute approximate surface area is 316 Å². The molecule has 13 heteroatoms. The number of fused-ring (bicyclic) bond motifs is 1. The number of ether oxygens (including phenoxy) is 4. The number of allylic oxidation sites excluding steroid dienone is 1. The molecule has 5 N–H and O–H groups in total. The lowest BCUT2D eigenvalue weighted by Crippen LogP contribution is -2.16. The van der Waals surface area contributed by atoms with Crippen LogP contribution in [-0.4, -0.2) is 79.6 Å². The number of rotatable bonds is 19. The molecule has 1 aliphatic rings. The minimum Gasteiger partial charge on any atom is -0.507 e. The van der Waals surface area contributed by atoms with E-state index in [1.807, 2.05) is 13.0 Å². The SMILES string of the molecule is COCCOC(=O)CCCCc1c(O)c2c(=O)cc(CO)c3c4c(CO)cc(NCCCC(=O)OCCCO)c5c(=O)c(OC)c6c(c(c1C=C(C)C6)c23)c54. The van der Waals surface area contributed by atoms with Gasteiger partial charge >= 0.3 is 11.9 Å². The van der Waals surface area contributed by atoms with Gasteiger partial charge in [-0.2, -0.15) is 0 Å². The standard InChI is InChI=1S/C42H47NO12/c1-22-16-26-25(8-4-5-9-30(48)55-15-14-52-2)40(50)37-29(47)19-24(21-46)33-32-23(20-45)18-28(43-11-6-10-31(49)54-13-7-12-44)36-38(32)35(34(26)39(33)37)27(17-22)42(53-3)41(36)51/h16,18-19,43-46,50H,4-15,17,20-21H2,1-3H3. The number of nitrogens with one attached hydrogen (secondary N) is 1. The second kappa shape index (κ2) is 17.2. The predicted molar refractivity (Wildman–Crippen MR) is 210 cm³/mol. The van der Waals surface area contributed by atoms with Gasteiger partial charge in [0.15, 0.2) is 11.2 Å². The van der Waals surface area contributed by atoms with Crippen molar-refractivity contribution in [2.75, 3.05) is 52.5 Å². The summed E-state index contributed by atoms with van der Waals surface area (Å²) in [4.78, 5) is 53.1. The average molecular weight is 758 g/mol. The molecule has 0 aromatic heterocycles. The second-order valence-electron chi connectivity index (χ2n) is 13.9. The largest absolute Gasteiger partial charge is 0.507 e. The highest BCUT2D eigenvalue weighted by Crippen LogP contribution is 2.52. The van der Waals surface area contributed by atoms with Crippen molar-refractivity contribution >= 4 is 66.8 Å². The van der Waals surface area contributed by atoms with E-state index in [1.165, 1.54) is 20.3 Å². The van der Waals surface area contributed by atoms with Gasteiger partial charge in [-0.3, -0.25) is 19.2 Å². The molecule has 0 bridgehead atoms. The van der Waals surface area contributed by atoms with Gasteiger partial charge in [-0.1, -0.05) is 11.6 Å². The third-order valence-corrected chi connectivity index (χ3v) is 10.3. The maximum Gasteiger partial charge on any atom is 0.305 e. The van der Waals surface area contributed by atoms with Gasteiger partial charge in [-0.05, 0) is 89.4 Å². The number of aromatic hydroxyl groups is 1. The van der Waals surface area contributed by atoms with Crippen LogP contribution in [-0.2, 0) is 49.9 Å². The topological polar surface area (TPSA) is 198 Å². The Kier molecular flexibility index (Phi) is 12.4. The number of anilines is 1. The Hall–Kier alpha value is -5.08. The maximum atomic E-state index is 14.6. The molecule has 292 valence electrons. The zero-order chi connectivity index (χ0) is 39.4. The second-order valence-corrected chi connectivity index (χ2v) is 13.9. The summed E-state index contributed by atoms with van der Waals surface area (Å²) in [5.74, 6) is -0.833. The van der Waals surface area contributed by atoms with Crippen LogP contribution in [0.1, 0.15) is 73.3 Å². The Morgan fingerprint density at radius 1 is 0.764 bits per heavy atom. The highest BCUT2D eigenvalue weighted by atomic mass is 16.6. The number of aliphatic hydroxyl groups excluding tert-OH is 3. The number of hydrogen-bond acceptors (Lipinski definition) is 13. The van der Waals surface area contributed by atoms with Crippen molar-refractivity contribution < 1.29 is 49.0 Å². The van der Waals surface area contributed by atoms with E-state index in [-0.39, 0.29) is 78.4 Å². The molecule has 0 saturated carbocycles. The van der Waals surface area contributed by atoms with Crippen LogP contribution in [0.15, 0.2) is 27.3 Å². The Bertz CT molecular complexity index is 2400. The summed E-state index contributed by atoms with van der Waals surface area (Å²) >= 11 is 0. The first-order valence-electron chi connectivity index (χ1n) is 18.6. The van der Waals surface area contributed by atoms with Crippen molar-refractivity contribution in [1.82, 2.24) is 0 Å². The van der Waals surface area contributed by atoms with Crippen LogP contribution in [0.25, 0.3) is 49.2 Å². The summed E-state index contributed by atoms with van der Waals surface area (Å²) in [5.41, 5.74) is 2.92. The number of phenolic OH excluding ortho intramolecular Hbond substituents is 1. The molecule has 0 amide bonds. The number of methoxy groups -OCH3 is 2. The number of phenols is 1. The number of carbonyl (C=O) groups excluding carboxylic acids is 2. The minimum atomic E-state index is -0.517. The van der Waals surface area contributed by atoms with E-state index in [0.29, 0.717) is 105 Å². The van der Waals surface area contributed by atoms with Crippen molar-refractivity contribution in [2.24, 2.45) is 0 Å². The fourth-order valence-electron chi connectivity index (χ4n) is 8.03. The quantitative estimate of drug-likeness (QED) is 0.0340. The summed E-state index contributed by atoms with van der Waals surface area (Å²) < 4.78 is 21.2. The average Bonchev–Trinajstić information content (AvgIpc) is 3.32. The maximum absolute atomic E-state index is 14.6. The molecule has 0 spiro atoms. The van der Waals surface area contributed by atoms with Crippen LogP contribution in [0, 0.1) is 0 Å². The van der Waals surface area contributed by atoms with Gasteiger partial charge in [0, 0.05) is 67.1 Å². The van der Waals surface area contributed by atoms with Crippen LogP contribution in [0.4, 0.5) is 5.69 Å². The molecule has 0 atom stereocenters. The van der Waals surface area contributed by atoms with Crippen molar-refractivity contribution in [3.63, 3.8) is 0 Å². The van der Waals surface area contributed by atoms with Gasteiger partial charge in [0.1, 0.15) is 12.4 Å². The van der Waals surface area contributed by atoms with Crippen molar-refractivity contribution in [1.29, 1.82) is 0 Å². The number of esters is 2. The van der Waals surface area contributed by atoms with Crippen LogP contribution < -0.4 is 20.9 Å². The molecule has 0 aliphatic heterocycles. The lowest BCUT2D eigenvalue weighted by Gasteiger charge is -2.25. The van der Waals surface area contributed by atoms with Gasteiger partial charge in [0.25, 0.3) is 0 Å². The Morgan fingerprint density at radius 2 is 1.44 bits per heavy atom. The molecular weight excluding hydrogens is 710 g/mol. The van der Waals surface area contributed by atoms with E-state index in [1.54, 1.807) is 6.07 Å². The Morgan fingerprint density at radius 3 is 2.11 bits per heavy atom. The molecule has 0 saturated heterocycles. The zero-order valence-corrected chi connectivity index (χ0v) is 31.4. The van der Waals surface area contributed by atoms with Crippen LogP contribution >= 0.6 is 0 Å². The molecule has 0 heterocycles. The van der Waals surface area contributed by atoms with E-state index in [2.05, 4.69) is 5.32 Å². The van der Waals surface area contributed by atoms with Crippen molar-refractivity contribution in [3.05, 3.63) is 66.0 Å². The minimum absolute atomic E-state index is 0.0692. The fraction of sp³-hybridized carbons (Fsp3) is 0.429. The molecule has 0 unspecified atom stereocenters. The summed E-state index contributed by atoms with van der Waals surface area (Å²) in [6.45, 7) is 1.72. The number of hydrogen-bond donors (Lipinski definition) is 5. The first-order chi connectivity index (χ1) is 26.6. The normalized spacial score (nSPS) is 12.6. The first-order valence-corrected chi connectivity index (χ1v) is 18.6. The van der Waals surface area contributed by atoms with Gasteiger partial charge in [-0.15, -0.1) is 0 Å². The van der Waals surface area contributed by atoms with Crippen LogP contribution in [0.2, 0.25) is 0 Å². The molecule has 5 aromatic carbocycles. The third-order valence-electron chi connectivity index (χ3n) is 10.3. The number of unbranched alkanes of at least 4 members (excludes halogenated alkanes) is 1. The monoisotopic (exact) mass is 757 g/mol. The molecule has 0 fully saturated rings. The zero-order valence-electron chi connectivity index (χ0n) is 31.4. The first kappa shape index (κ1) is 39.6. The smallest absolute Gasteiger partial charge is 0.305 e. The summed E-state index contributed by atoms with van der Waals surface area (Å²) in [7, 11) is 2.96. The molecule has 1 aliphatic carbocycles. The van der Waals surface area contributed by atoms with Crippen LogP contribution in [0.3, 0.4) is 0 Å². The highest BCUT2D eigenvalue weighted by Gasteiger charge is 2.32. The Balaban J connectivity index is 1.60. The van der Waals surface area contributed by atoms with Gasteiger partial charge in [-0.25, -0.2) is 0 Å². The summed E-state index contributed by atoms with van der Waals surface area (Å²) in [6.07, 6.45) is 4.54. The fourth-order valence-corrected chi connectivity index (χ4v) is 8.03. The lowest BCUT2D eigenvalue weighted by molar-refractivity contribution is -0.145. The van der Waals surface area contributed by atoms with E-state index in [9.17, 15) is 34.5 Å². The molecule has 5 aromatic rings. The van der Waals surface area contributed by atoms with Crippen LogP contribution in [0.5, 0.6) is 11.5 Å². The summed E-state index contributed by atoms with van der Waals surface area (Å²) in [6, 6.07) is 2.97. The molecule has 55 heavy (non-hydrogen) atoms. The van der Waals surface area contributed by atoms with Crippen molar-refractivity contribution in [3.8, 4) is 11.5 Å².